The molecule has 1 aromatic heterocycles. The van der Waals surface area contributed by atoms with Gasteiger partial charge < -0.3 is 15.0 Å². The Morgan fingerprint density at radius 1 is 1.52 bits per heavy atom. The lowest BCUT2D eigenvalue weighted by atomic mass is 9.88. The monoisotopic (exact) mass is 314 g/mol. The Hall–Kier alpha value is -2.34. The molecule has 2 heterocycles. The Bertz CT molecular complexity index is 701. The zero-order chi connectivity index (χ0) is 16.3. The summed E-state index contributed by atoms with van der Waals surface area (Å²) in [5.41, 5.74) is 1.56. The van der Waals surface area contributed by atoms with Crippen molar-refractivity contribution in [1.29, 1.82) is 0 Å². The zero-order valence-electron chi connectivity index (χ0n) is 13.3. The van der Waals surface area contributed by atoms with E-state index in [9.17, 15) is 4.79 Å². The van der Waals surface area contributed by atoms with Crippen molar-refractivity contribution in [2.75, 3.05) is 25.5 Å². The van der Waals surface area contributed by atoms with Gasteiger partial charge in [0.05, 0.1) is 17.3 Å². The Labute approximate surface area is 135 Å². The standard InChI is InChI=1S/C17H22N4O2/c1-3-6-17(23-2)7-9-21(10-8-17)16(22)19-14-4-5-15-13(11-14)12-18-20-15/h3-5,11-12H,1,6-10H2,2H3,(H,18,20)(H,19,22). The number of methoxy groups -OCH3 is 1. The number of nitrogens with one attached hydrogen (secondary N) is 2. The van der Waals surface area contributed by atoms with Gasteiger partial charge in [-0.15, -0.1) is 6.58 Å². The minimum absolute atomic E-state index is 0.0730. The molecule has 1 aliphatic rings. The van der Waals surface area contributed by atoms with Crippen molar-refractivity contribution < 1.29 is 9.53 Å². The van der Waals surface area contributed by atoms with Gasteiger partial charge >= 0.3 is 6.03 Å². The summed E-state index contributed by atoms with van der Waals surface area (Å²) >= 11 is 0. The largest absolute Gasteiger partial charge is 0.378 e. The van der Waals surface area contributed by atoms with E-state index in [1.54, 1.807) is 13.3 Å². The normalized spacial score (nSPS) is 17.2. The molecule has 0 atom stereocenters. The minimum Gasteiger partial charge on any atom is -0.378 e. The predicted octanol–water partition coefficient (Wildman–Crippen LogP) is 3.15. The highest BCUT2D eigenvalue weighted by molar-refractivity contribution is 5.92. The van der Waals surface area contributed by atoms with E-state index in [1.165, 1.54) is 0 Å². The van der Waals surface area contributed by atoms with E-state index < -0.39 is 0 Å². The van der Waals surface area contributed by atoms with E-state index in [1.807, 2.05) is 29.2 Å². The number of aromatic nitrogens is 2. The van der Waals surface area contributed by atoms with Crippen molar-refractivity contribution in [3.8, 4) is 0 Å². The fourth-order valence-corrected chi connectivity index (χ4v) is 3.09. The maximum atomic E-state index is 12.4. The molecule has 6 nitrogen and oxygen atoms in total. The van der Waals surface area contributed by atoms with Gasteiger partial charge in [-0.1, -0.05) is 6.08 Å². The summed E-state index contributed by atoms with van der Waals surface area (Å²) in [5.74, 6) is 0. The lowest BCUT2D eigenvalue weighted by molar-refractivity contribution is -0.0469. The lowest BCUT2D eigenvalue weighted by Gasteiger charge is -2.40. The molecule has 0 radical (unpaired) electrons. The molecule has 0 spiro atoms. The van der Waals surface area contributed by atoms with Crippen molar-refractivity contribution in [3.63, 3.8) is 0 Å². The molecule has 23 heavy (non-hydrogen) atoms. The van der Waals surface area contributed by atoms with E-state index in [-0.39, 0.29) is 11.6 Å². The number of likely N-dealkylation sites (tertiary alicyclic amines) is 1. The van der Waals surface area contributed by atoms with Crippen LogP contribution in [0.15, 0.2) is 37.1 Å². The summed E-state index contributed by atoms with van der Waals surface area (Å²) in [6.07, 6.45) is 6.09. The number of ether oxygens (including phenoxy) is 1. The van der Waals surface area contributed by atoms with Crippen LogP contribution in [-0.4, -0.2) is 46.9 Å². The van der Waals surface area contributed by atoms with Crippen LogP contribution in [0, 0.1) is 0 Å². The molecule has 3 rings (SSSR count). The van der Waals surface area contributed by atoms with Gasteiger partial charge in [0.25, 0.3) is 0 Å². The molecule has 2 N–H and O–H groups in total. The average Bonchev–Trinajstić information content (AvgIpc) is 3.03. The van der Waals surface area contributed by atoms with E-state index in [4.69, 9.17) is 4.74 Å². The van der Waals surface area contributed by atoms with Crippen molar-refractivity contribution in [2.24, 2.45) is 0 Å². The fraction of sp³-hybridized carbons (Fsp3) is 0.412. The molecular weight excluding hydrogens is 292 g/mol. The molecule has 1 aliphatic heterocycles. The second kappa shape index (κ2) is 6.42. The highest BCUT2D eigenvalue weighted by Gasteiger charge is 2.34. The third-order valence-corrected chi connectivity index (χ3v) is 4.60. The van der Waals surface area contributed by atoms with Gasteiger partial charge in [0, 0.05) is 31.3 Å². The number of fused-ring (bicyclic) bond motifs is 1. The predicted molar refractivity (Wildman–Crippen MR) is 90.5 cm³/mol. The molecule has 0 unspecified atom stereocenters. The van der Waals surface area contributed by atoms with Gasteiger partial charge in [0.15, 0.2) is 0 Å². The number of carbonyl (C=O) groups excluding carboxylic acids is 1. The van der Waals surface area contributed by atoms with Crippen molar-refractivity contribution in [1.82, 2.24) is 15.1 Å². The quantitative estimate of drug-likeness (QED) is 0.852. The lowest BCUT2D eigenvalue weighted by Crippen LogP contribution is -2.48. The summed E-state index contributed by atoms with van der Waals surface area (Å²) < 4.78 is 5.66. The first-order valence-corrected chi connectivity index (χ1v) is 7.81. The third-order valence-electron chi connectivity index (χ3n) is 4.60. The summed E-state index contributed by atoms with van der Waals surface area (Å²) in [5, 5.41) is 10.8. The number of amides is 2. The number of carbonyl (C=O) groups is 1. The van der Waals surface area contributed by atoms with Gasteiger partial charge in [0.1, 0.15) is 0 Å². The number of aromatic amines is 1. The zero-order valence-corrected chi connectivity index (χ0v) is 13.3. The Morgan fingerprint density at radius 2 is 2.30 bits per heavy atom. The van der Waals surface area contributed by atoms with Crippen LogP contribution in [0.4, 0.5) is 10.5 Å². The Morgan fingerprint density at radius 3 is 3.00 bits per heavy atom. The van der Waals surface area contributed by atoms with Crippen LogP contribution in [-0.2, 0) is 4.74 Å². The molecule has 0 aliphatic carbocycles. The average molecular weight is 314 g/mol. The van der Waals surface area contributed by atoms with E-state index in [0.29, 0.717) is 13.1 Å². The number of hydrogen-bond acceptors (Lipinski definition) is 3. The molecule has 122 valence electrons. The maximum Gasteiger partial charge on any atom is 0.321 e. The van der Waals surface area contributed by atoms with Crippen molar-refractivity contribution in [3.05, 3.63) is 37.1 Å². The van der Waals surface area contributed by atoms with Gasteiger partial charge in [-0.25, -0.2) is 4.79 Å². The number of hydrogen-bond donors (Lipinski definition) is 2. The number of nitrogens with zero attached hydrogens (tertiary/aromatic N) is 2. The maximum absolute atomic E-state index is 12.4. The molecule has 6 heteroatoms. The van der Waals surface area contributed by atoms with Crippen LogP contribution in [0.5, 0.6) is 0 Å². The number of piperidine rings is 1. The number of rotatable bonds is 4. The van der Waals surface area contributed by atoms with E-state index >= 15 is 0 Å². The SMILES string of the molecule is C=CCC1(OC)CCN(C(=O)Nc2ccc3[nH]ncc3c2)CC1. The second-order valence-electron chi connectivity index (χ2n) is 5.97. The second-order valence-corrected chi connectivity index (χ2v) is 5.97. The van der Waals surface area contributed by atoms with Crippen LogP contribution in [0.3, 0.4) is 0 Å². The van der Waals surface area contributed by atoms with Gasteiger partial charge in [0.2, 0.25) is 0 Å². The first kappa shape index (κ1) is 15.6. The number of H-pyrrole nitrogens is 1. The van der Waals surface area contributed by atoms with Crippen LogP contribution in [0.1, 0.15) is 19.3 Å². The van der Waals surface area contributed by atoms with Gasteiger partial charge in [-0.2, -0.15) is 5.10 Å². The van der Waals surface area contributed by atoms with Gasteiger partial charge in [-0.3, -0.25) is 5.10 Å². The van der Waals surface area contributed by atoms with Crippen LogP contribution < -0.4 is 5.32 Å². The Kier molecular flexibility index (Phi) is 4.34. The summed E-state index contributed by atoms with van der Waals surface area (Å²) in [7, 11) is 1.74. The molecular formula is C17H22N4O2. The molecule has 1 aromatic carbocycles. The highest BCUT2D eigenvalue weighted by atomic mass is 16.5. The first-order chi connectivity index (χ1) is 11.2. The molecule has 2 amide bonds. The number of urea groups is 1. The summed E-state index contributed by atoms with van der Waals surface area (Å²) in [4.78, 5) is 14.3. The third kappa shape index (κ3) is 3.22. The highest BCUT2D eigenvalue weighted by Crippen LogP contribution is 2.30. The molecule has 0 saturated carbocycles. The Balaban J connectivity index is 1.62. The topological polar surface area (TPSA) is 70.2 Å². The van der Waals surface area contributed by atoms with Crippen LogP contribution in [0.25, 0.3) is 10.9 Å². The molecule has 0 bridgehead atoms. The smallest absolute Gasteiger partial charge is 0.321 e. The summed E-state index contributed by atoms with van der Waals surface area (Å²) in [6, 6.07) is 5.63. The van der Waals surface area contributed by atoms with Crippen molar-refractivity contribution in [2.45, 2.75) is 24.9 Å². The fourth-order valence-electron chi connectivity index (χ4n) is 3.09. The first-order valence-electron chi connectivity index (χ1n) is 7.81. The number of anilines is 1. The van der Waals surface area contributed by atoms with E-state index in [2.05, 4.69) is 22.1 Å². The minimum atomic E-state index is -0.172. The van der Waals surface area contributed by atoms with Crippen molar-refractivity contribution >= 4 is 22.6 Å². The molecule has 1 fully saturated rings. The van der Waals surface area contributed by atoms with Crippen LogP contribution >= 0.6 is 0 Å². The summed E-state index contributed by atoms with van der Waals surface area (Å²) in [6.45, 7) is 5.16. The number of benzene rings is 1. The van der Waals surface area contributed by atoms with Crippen LogP contribution in [0.2, 0.25) is 0 Å². The molecule has 1 saturated heterocycles. The molecule has 2 aromatic rings. The van der Waals surface area contributed by atoms with Gasteiger partial charge in [-0.05, 0) is 37.5 Å². The van der Waals surface area contributed by atoms with E-state index in [0.717, 1.165) is 35.9 Å².